The zero-order valence-electron chi connectivity index (χ0n) is 19.9. The molecule has 2 aliphatic rings. The third-order valence-electron chi connectivity index (χ3n) is 6.46. The summed E-state index contributed by atoms with van der Waals surface area (Å²) in [4.78, 5) is 30.5. The molecule has 188 valence electrons. The van der Waals surface area contributed by atoms with Gasteiger partial charge in [0.15, 0.2) is 6.61 Å². The number of methoxy groups -OCH3 is 1. The molecule has 2 aliphatic heterocycles. The van der Waals surface area contributed by atoms with Gasteiger partial charge >= 0.3 is 6.09 Å². The molecular weight excluding hydrogens is 464 g/mol. The smallest absolute Gasteiger partial charge is 0.412 e. The van der Waals surface area contributed by atoms with E-state index in [0.29, 0.717) is 29.5 Å². The van der Waals surface area contributed by atoms with Crippen LogP contribution in [0.4, 0.5) is 10.5 Å². The van der Waals surface area contributed by atoms with Gasteiger partial charge in [-0.3, -0.25) is 9.78 Å². The van der Waals surface area contributed by atoms with Crippen molar-refractivity contribution in [2.75, 3.05) is 38.7 Å². The summed E-state index contributed by atoms with van der Waals surface area (Å²) in [5, 5.41) is 17.4. The molecule has 3 heterocycles. The number of aliphatic hydroxyl groups excluding tert-OH is 1. The maximum atomic E-state index is 12.4. The van der Waals surface area contributed by atoms with Gasteiger partial charge in [0.2, 0.25) is 0 Å². The fourth-order valence-corrected chi connectivity index (χ4v) is 4.59. The molecule has 3 aromatic rings. The summed E-state index contributed by atoms with van der Waals surface area (Å²) >= 11 is 0. The van der Waals surface area contributed by atoms with Crippen LogP contribution in [0, 0.1) is 0 Å². The number of piperidine rings is 1. The summed E-state index contributed by atoms with van der Waals surface area (Å²) < 4.78 is 16.0. The molecule has 1 aromatic heterocycles. The fourth-order valence-electron chi connectivity index (χ4n) is 4.59. The van der Waals surface area contributed by atoms with Gasteiger partial charge in [0.05, 0.1) is 30.6 Å². The molecule has 10 heteroatoms. The van der Waals surface area contributed by atoms with Crippen LogP contribution in [0.5, 0.6) is 17.2 Å². The van der Waals surface area contributed by atoms with Crippen molar-refractivity contribution in [2.24, 2.45) is 0 Å². The Kier molecular flexibility index (Phi) is 6.88. The predicted molar refractivity (Wildman–Crippen MR) is 132 cm³/mol. The quantitative estimate of drug-likeness (QED) is 0.480. The molecule has 1 fully saturated rings. The van der Waals surface area contributed by atoms with Crippen molar-refractivity contribution in [3.05, 3.63) is 54.2 Å². The lowest BCUT2D eigenvalue weighted by Gasteiger charge is -2.33. The number of likely N-dealkylation sites (tertiary alicyclic amines) is 1. The molecule has 0 radical (unpaired) electrons. The van der Waals surface area contributed by atoms with E-state index in [9.17, 15) is 14.7 Å². The summed E-state index contributed by atoms with van der Waals surface area (Å²) in [5.74, 6) is 1.25. The van der Waals surface area contributed by atoms with E-state index in [1.54, 1.807) is 31.5 Å². The van der Waals surface area contributed by atoms with E-state index in [0.717, 1.165) is 42.4 Å². The minimum absolute atomic E-state index is 0.0300. The zero-order valence-corrected chi connectivity index (χ0v) is 19.9. The number of carbonyl (C=O) groups is 2. The number of rotatable bonds is 6. The Morgan fingerprint density at radius 2 is 2.08 bits per heavy atom. The summed E-state index contributed by atoms with van der Waals surface area (Å²) in [6.45, 7) is 1.92. The molecule has 0 spiro atoms. The van der Waals surface area contributed by atoms with E-state index >= 15 is 0 Å². The normalized spacial score (nSPS) is 17.0. The lowest BCUT2D eigenvalue weighted by molar-refractivity contribution is -0.118. The van der Waals surface area contributed by atoms with E-state index in [1.807, 2.05) is 24.3 Å². The molecule has 0 bridgehead atoms. The highest BCUT2D eigenvalue weighted by molar-refractivity contribution is 5.95. The Hall–Kier alpha value is -3.89. The minimum Gasteiger partial charge on any atom is -0.495 e. The van der Waals surface area contributed by atoms with Crippen LogP contribution in [-0.4, -0.2) is 66.4 Å². The second kappa shape index (κ2) is 10.4. The van der Waals surface area contributed by atoms with Crippen LogP contribution >= 0.6 is 0 Å². The van der Waals surface area contributed by atoms with Crippen molar-refractivity contribution < 1.29 is 28.9 Å². The van der Waals surface area contributed by atoms with Gasteiger partial charge in [0.25, 0.3) is 5.91 Å². The van der Waals surface area contributed by atoms with Gasteiger partial charge in [-0.05, 0) is 42.7 Å². The van der Waals surface area contributed by atoms with Crippen molar-refractivity contribution >= 4 is 28.6 Å². The predicted octanol–water partition coefficient (Wildman–Crippen LogP) is 2.86. The zero-order chi connectivity index (χ0) is 25.1. The number of aromatic nitrogens is 1. The maximum Gasteiger partial charge on any atom is 0.412 e. The molecule has 2 amide bonds. The van der Waals surface area contributed by atoms with Crippen LogP contribution < -0.4 is 24.8 Å². The lowest BCUT2D eigenvalue weighted by atomic mass is 10.0. The van der Waals surface area contributed by atoms with Crippen LogP contribution in [0.25, 0.3) is 10.9 Å². The average molecular weight is 493 g/mol. The number of fused-ring (bicyclic) bond motifs is 2. The second-order valence-electron chi connectivity index (χ2n) is 8.91. The van der Waals surface area contributed by atoms with Crippen molar-refractivity contribution in [1.82, 2.24) is 15.2 Å². The molecule has 1 unspecified atom stereocenters. The van der Waals surface area contributed by atoms with E-state index in [4.69, 9.17) is 14.2 Å². The highest BCUT2D eigenvalue weighted by atomic mass is 16.6. The van der Waals surface area contributed by atoms with Gasteiger partial charge in [-0.15, -0.1) is 0 Å². The summed E-state index contributed by atoms with van der Waals surface area (Å²) in [5.41, 5.74) is 2.10. The molecule has 5 rings (SSSR count). The molecule has 3 N–H and O–H groups in total. The first-order valence-corrected chi connectivity index (χ1v) is 11.9. The fraction of sp³-hybridized carbons (Fsp3) is 0.346. The molecule has 0 saturated carbocycles. The maximum absolute atomic E-state index is 12.4. The number of hydrogen-bond acceptors (Lipinski definition) is 8. The number of β-amino-alcohol motifs (C(OH)–C–C–N with tert-alkyl or cyclic N) is 1. The lowest BCUT2D eigenvalue weighted by Crippen LogP contribution is -2.46. The summed E-state index contributed by atoms with van der Waals surface area (Å²) in [6, 6.07) is 12.4. The Morgan fingerprint density at radius 1 is 1.25 bits per heavy atom. The number of nitrogens with one attached hydrogen (secondary N) is 2. The van der Waals surface area contributed by atoms with Crippen LogP contribution in [0.15, 0.2) is 48.7 Å². The van der Waals surface area contributed by atoms with Crippen LogP contribution in [0.2, 0.25) is 0 Å². The van der Waals surface area contributed by atoms with Crippen molar-refractivity contribution in [3.63, 3.8) is 0 Å². The molecule has 10 nitrogen and oxygen atoms in total. The van der Waals surface area contributed by atoms with E-state index in [2.05, 4.69) is 20.5 Å². The number of anilines is 1. The molecule has 2 aromatic carbocycles. The topological polar surface area (TPSA) is 122 Å². The number of aliphatic hydroxyl groups is 1. The molecular formula is C26H28N4O6. The molecule has 1 saturated heterocycles. The largest absolute Gasteiger partial charge is 0.495 e. The van der Waals surface area contributed by atoms with Crippen molar-refractivity contribution in [1.29, 1.82) is 0 Å². The third kappa shape index (κ3) is 5.34. The number of pyridine rings is 1. The first-order chi connectivity index (χ1) is 17.5. The van der Waals surface area contributed by atoms with Gasteiger partial charge in [0, 0.05) is 37.1 Å². The number of amides is 2. The highest BCUT2D eigenvalue weighted by Gasteiger charge is 2.24. The molecule has 36 heavy (non-hydrogen) atoms. The number of hydrogen-bond donors (Lipinski definition) is 3. The molecule has 0 aliphatic carbocycles. The van der Waals surface area contributed by atoms with E-state index < -0.39 is 12.2 Å². The first kappa shape index (κ1) is 23.8. The Labute approximate surface area is 208 Å². The van der Waals surface area contributed by atoms with Gasteiger partial charge in [0.1, 0.15) is 17.2 Å². The Bertz CT molecular complexity index is 1270. The average Bonchev–Trinajstić information content (AvgIpc) is 2.88. The monoisotopic (exact) mass is 492 g/mol. The highest BCUT2D eigenvalue weighted by Crippen LogP contribution is 2.31. The summed E-state index contributed by atoms with van der Waals surface area (Å²) in [6.07, 6.45) is 1.92. The minimum atomic E-state index is -0.675. The Balaban J connectivity index is 1.13. The Morgan fingerprint density at radius 3 is 2.89 bits per heavy atom. The van der Waals surface area contributed by atoms with Gasteiger partial charge in [-0.1, -0.05) is 12.1 Å². The van der Waals surface area contributed by atoms with Gasteiger partial charge in [-0.2, -0.15) is 0 Å². The number of carbonyl (C=O) groups excluding carboxylic acids is 2. The van der Waals surface area contributed by atoms with Crippen LogP contribution in [0.1, 0.15) is 24.5 Å². The van der Waals surface area contributed by atoms with E-state index in [1.165, 1.54) is 0 Å². The number of nitrogens with zero attached hydrogens (tertiary/aromatic N) is 2. The van der Waals surface area contributed by atoms with Crippen LogP contribution in [-0.2, 0) is 4.79 Å². The van der Waals surface area contributed by atoms with Crippen molar-refractivity contribution in [3.8, 4) is 17.2 Å². The van der Waals surface area contributed by atoms with Crippen molar-refractivity contribution in [2.45, 2.75) is 25.0 Å². The summed E-state index contributed by atoms with van der Waals surface area (Å²) in [7, 11) is 1.59. The number of benzene rings is 2. The standard InChI is InChI=1S/C26H28N4O6/c1-34-18-11-20-19(3-2-4-21(20)27-13-18)23(31)14-30-9-7-16(8-10-30)28-26(33)36-17-5-6-24-22(12-17)29-25(32)15-35-24/h2-6,11-13,16,23,31H,7-10,14-15H2,1H3,(H,28,33)(H,29,32). The van der Waals surface area contributed by atoms with Crippen LogP contribution in [0.3, 0.4) is 0 Å². The number of ether oxygens (including phenoxy) is 3. The van der Waals surface area contributed by atoms with Gasteiger partial charge < -0.3 is 34.9 Å². The first-order valence-electron chi connectivity index (χ1n) is 11.9. The third-order valence-corrected chi connectivity index (χ3v) is 6.46. The second-order valence-corrected chi connectivity index (χ2v) is 8.91. The molecule has 1 atom stereocenters. The van der Waals surface area contributed by atoms with Gasteiger partial charge in [-0.25, -0.2) is 4.79 Å². The SMILES string of the molecule is COc1cnc2cccc(C(O)CN3CCC(NC(=O)Oc4ccc5c(c4)NC(=O)CO5)CC3)c2c1. The van der Waals surface area contributed by atoms with E-state index in [-0.39, 0.29) is 18.6 Å².